The van der Waals surface area contributed by atoms with Gasteiger partial charge in [-0.2, -0.15) is 0 Å². The molecule has 0 spiro atoms. The van der Waals surface area contributed by atoms with Crippen LogP contribution in [0.4, 0.5) is 10.1 Å². The number of aromatic nitrogens is 2. The number of thioether (sulfide) groups is 1. The van der Waals surface area contributed by atoms with Gasteiger partial charge in [-0.25, -0.2) is 14.4 Å². The van der Waals surface area contributed by atoms with E-state index in [4.69, 9.17) is 0 Å². The van der Waals surface area contributed by atoms with E-state index in [1.54, 1.807) is 29.8 Å². The number of fused-ring (bicyclic) bond motifs is 3. The van der Waals surface area contributed by atoms with Crippen molar-refractivity contribution in [1.29, 1.82) is 0 Å². The first-order valence-electron chi connectivity index (χ1n) is 8.60. The Labute approximate surface area is 159 Å². The van der Waals surface area contributed by atoms with Gasteiger partial charge < -0.3 is 5.32 Å². The molecule has 134 valence electrons. The number of rotatable bonds is 4. The monoisotopic (exact) mass is 387 g/mol. The van der Waals surface area contributed by atoms with E-state index < -0.39 is 0 Å². The van der Waals surface area contributed by atoms with Gasteiger partial charge in [-0.15, -0.1) is 11.3 Å². The average molecular weight is 388 g/mol. The minimum atomic E-state index is -0.323. The number of carbonyl (C=O) groups excluding carboxylic acids is 1. The highest BCUT2D eigenvalue weighted by atomic mass is 32.2. The number of anilines is 1. The molecule has 2 heterocycles. The molecule has 2 aromatic heterocycles. The van der Waals surface area contributed by atoms with Crippen LogP contribution in [-0.2, 0) is 17.6 Å². The number of hydrogen-bond donors (Lipinski definition) is 1. The molecule has 0 radical (unpaired) electrons. The van der Waals surface area contributed by atoms with Crippen molar-refractivity contribution in [2.75, 3.05) is 5.32 Å². The van der Waals surface area contributed by atoms with Crippen LogP contribution in [0.3, 0.4) is 0 Å². The maximum atomic E-state index is 13.0. The van der Waals surface area contributed by atoms with Crippen LogP contribution in [0.2, 0.25) is 0 Å². The number of carbonyl (C=O) groups is 1. The number of hydrogen-bond acceptors (Lipinski definition) is 5. The van der Waals surface area contributed by atoms with Crippen molar-refractivity contribution >= 4 is 44.9 Å². The average Bonchev–Trinajstić information content (AvgIpc) is 3.03. The molecule has 1 aliphatic rings. The number of benzene rings is 1. The minimum absolute atomic E-state index is 0.127. The second kappa shape index (κ2) is 7.32. The molecule has 0 aliphatic heterocycles. The molecule has 4 rings (SSSR count). The van der Waals surface area contributed by atoms with Crippen LogP contribution in [0, 0.1) is 5.82 Å². The van der Waals surface area contributed by atoms with Gasteiger partial charge in [0.25, 0.3) is 0 Å². The fraction of sp³-hybridized carbons (Fsp3) is 0.316. The molecule has 1 aliphatic carbocycles. The van der Waals surface area contributed by atoms with Crippen LogP contribution in [0.25, 0.3) is 10.2 Å². The molecule has 1 N–H and O–H groups in total. The molecule has 1 amide bonds. The van der Waals surface area contributed by atoms with Crippen molar-refractivity contribution in [3.63, 3.8) is 0 Å². The normalized spacial score (nSPS) is 14.8. The lowest BCUT2D eigenvalue weighted by Gasteiger charge is -2.14. The highest BCUT2D eigenvalue weighted by molar-refractivity contribution is 8.00. The van der Waals surface area contributed by atoms with Gasteiger partial charge in [0.2, 0.25) is 5.91 Å². The van der Waals surface area contributed by atoms with E-state index in [2.05, 4.69) is 15.3 Å². The van der Waals surface area contributed by atoms with Crippen molar-refractivity contribution in [3.05, 3.63) is 46.9 Å². The molecule has 0 saturated heterocycles. The Morgan fingerprint density at radius 1 is 1.23 bits per heavy atom. The van der Waals surface area contributed by atoms with Gasteiger partial charge in [0.1, 0.15) is 22.0 Å². The van der Waals surface area contributed by atoms with Gasteiger partial charge in [0, 0.05) is 16.0 Å². The number of nitrogens with one attached hydrogen (secondary N) is 1. The zero-order valence-electron chi connectivity index (χ0n) is 14.3. The second-order valence-electron chi connectivity index (χ2n) is 6.33. The predicted molar refractivity (Wildman–Crippen MR) is 104 cm³/mol. The van der Waals surface area contributed by atoms with E-state index in [1.807, 2.05) is 6.92 Å². The standard InChI is InChI=1S/C19H18FN3OS2/c1-11(17(24)23-13-8-6-12(20)7-9-13)25-18-16-14-4-2-3-5-15(14)26-19(16)22-10-21-18/h6-11H,2-5H2,1H3,(H,23,24)/t11-/m1/s1. The molecule has 3 aromatic rings. The van der Waals surface area contributed by atoms with Crippen LogP contribution in [-0.4, -0.2) is 21.1 Å². The molecular formula is C19H18FN3OS2. The van der Waals surface area contributed by atoms with E-state index in [1.165, 1.54) is 47.2 Å². The van der Waals surface area contributed by atoms with Crippen molar-refractivity contribution in [2.24, 2.45) is 0 Å². The number of aryl methyl sites for hydroxylation is 2. The molecule has 4 nitrogen and oxygen atoms in total. The molecule has 7 heteroatoms. The number of nitrogens with zero attached hydrogens (tertiary/aromatic N) is 2. The van der Waals surface area contributed by atoms with Crippen molar-refractivity contribution in [3.8, 4) is 0 Å². The van der Waals surface area contributed by atoms with Crippen LogP contribution < -0.4 is 5.32 Å². The van der Waals surface area contributed by atoms with E-state index in [9.17, 15) is 9.18 Å². The molecule has 0 unspecified atom stereocenters. The van der Waals surface area contributed by atoms with Crippen LogP contribution in [0.5, 0.6) is 0 Å². The van der Waals surface area contributed by atoms with Gasteiger partial charge >= 0.3 is 0 Å². The van der Waals surface area contributed by atoms with Crippen LogP contribution in [0.15, 0.2) is 35.6 Å². The van der Waals surface area contributed by atoms with Crippen LogP contribution >= 0.6 is 23.1 Å². The minimum Gasteiger partial charge on any atom is -0.325 e. The Morgan fingerprint density at radius 2 is 2.00 bits per heavy atom. The summed E-state index contributed by atoms with van der Waals surface area (Å²) in [6.45, 7) is 1.86. The summed E-state index contributed by atoms with van der Waals surface area (Å²) in [6.07, 6.45) is 6.18. The fourth-order valence-electron chi connectivity index (χ4n) is 3.15. The summed E-state index contributed by atoms with van der Waals surface area (Å²) in [6, 6.07) is 5.78. The first kappa shape index (κ1) is 17.4. The van der Waals surface area contributed by atoms with Gasteiger partial charge in [0.05, 0.1) is 5.25 Å². The second-order valence-corrected chi connectivity index (χ2v) is 8.74. The largest absolute Gasteiger partial charge is 0.325 e. The summed E-state index contributed by atoms with van der Waals surface area (Å²) in [5.74, 6) is -0.450. The quantitative estimate of drug-likeness (QED) is 0.515. The SMILES string of the molecule is C[C@@H](Sc1ncnc2sc3c(c12)CCCC3)C(=O)Nc1ccc(F)cc1. The third kappa shape index (κ3) is 3.46. The Kier molecular flexibility index (Phi) is 4.91. The zero-order valence-corrected chi connectivity index (χ0v) is 15.9. The number of thiophene rings is 1. The molecule has 0 saturated carbocycles. The molecule has 0 fully saturated rings. The lowest BCUT2D eigenvalue weighted by molar-refractivity contribution is -0.115. The predicted octanol–water partition coefficient (Wildman–Crippen LogP) is 4.83. The smallest absolute Gasteiger partial charge is 0.237 e. The van der Waals surface area contributed by atoms with Gasteiger partial charge in [-0.3, -0.25) is 4.79 Å². The van der Waals surface area contributed by atoms with E-state index >= 15 is 0 Å². The van der Waals surface area contributed by atoms with Crippen molar-refractivity contribution < 1.29 is 9.18 Å². The maximum Gasteiger partial charge on any atom is 0.237 e. The Balaban J connectivity index is 1.55. The van der Waals surface area contributed by atoms with Gasteiger partial charge in [0.15, 0.2) is 0 Å². The molecule has 1 aromatic carbocycles. The summed E-state index contributed by atoms with van der Waals surface area (Å²) in [7, 11) is 0. The first-order chi connectivity index (χ1) is 12.6. The molecule has 1 atom stereocenters. The number of amides is 1. The summed E-state index contributed by atoms with van der Waals surface area (Å²) in [5, 5.41) is 4.50. The topological polar surface area (TPSA) is 54.9 Å². The van der Waals surface area contributed by atoms with Gasteiger partial charge in [-0.05, 0) is 62.4 Å². The third-order valence-electron chi connectivity index (χ3n) is 4.49. The summed E-state index contributed by atoms with van der Waals surface area (Å²) < 4.78 is 13.0. The third-order valence-corrected chi connectivity index (χ3v) is 6.79. The highest BCUT2D eigenvalue weighted by Crippen LogP contribution is 2.40. The molecule has 0 bridgehead atoms. The van der Waals surface area contributed by atoms with E-state index in [0.29, 0.717) is 5.69 Å². The lowest BCUT2D eigenvalue weighted by atomic mass is 9.97. The summed E-state index contributed by atoms with van der Waals surface area (Å²) in [4.78, 5) is 23.8. The van der Waals surface area contributed by atoms with Gasteiger partial charge in [-0.1, -0.05) is 11.8 Å². The number of halogens is 1. The highest BCUT2D eigenvalue weighted by Gasteiger charge is 2.23. The first-order valence-corrected chi connectivity index (χ1v) is 10.3. The maximum absolute atomic E-state index is 13.0. The zero-order chi connectivity index (χ0) is 18.1. The summed E-state index contributed by atoms with van der Waals surface area (Å²) in [5.41, 5.74) is 1.95. The lowest BCUT2D eigenvalue weighted by Crippen LogP contribution is -2.22. The fourth-order valence-corrected chi connectivity index (χ4v) is 5.39. The Hall–Kier alpha value is -1.99. The van der Waals surface area contributed by atoms with Crippen molar-refractivity contribution in [2.45, 2.75) is 42.9 Å². The molecular weight excluding hydrogens is 369 g/mol. The van der Waals surface area contributed by atoms with Crippen molar-refractivity contribution in [1.82, 2.24) is 9.97 Å². The Morgan fingerprint density at radius 3 is 2.81 bits per heavy atom. The Bertz CT molecular complexity index is 955. The summed E-state index contributed by atoms with van der Waals surface area (Å²) >= 11 is 3.20. The van der Waals surface area contributed by atoms with E-state index in [-0.39, 0.29) is 17.0 Å². The molecule has 26 heavy (non-hydrogen) atoms. The van der Waals surface area contributed by atoms with Crippen LogP contribution in [0.1, 0.15) is 30.2 Å². The van der Waals surface area contributed by atoms with E-state index in [0.717, 1.165) is 28.1 Å².